The maximum absolute atomic E-state index is 11.7. The summed E-state index contributed by atoms with van der Waals surface area (Å²) in [5.74, 6) is -0.626. The van der Waals surface area contributed by atoms with Gasteiger partial charge in [-0.25, -0.2) is 4.79 Å². The Hall–Kier alpha value is -1.23. The van der Waals surface area contributed by atoms with Crippen LogP contribution in [0.25, 0.3) is 0 Å². The van der Waals surface area contributed by atoms with Crippen molar-refractivity contribution in [2.24, 2.45) is 5.92 Å². The Kier molecular flexibility index (Phi) is 2.56. The van der Waals surface area contributed by atoms with Gasteiger partial charge in [-0.15, -0.1) is 11.8 Å². The Balaban J connectivity index is 2.22. The number of carbonyl (C=O) groups is 2. The van der Waals surface area contributed by atoms with E-state index < -0.39 is 5.97 Å². The average Bonchev–Trinajstić information content (AvgIpc) is 2.24. The molecule has 80 valence electrons. The minimum Gasteiger partial charge on any atom is -0.477 e. The molecule has 2 aliphatic heterocycles. The molecule has 4 nitrogen and oxygen atoms in total. The van der Waals surface area contributed by atoms with Gasteiger partial charge < -0.3 is 5.11 Å². The normalized spacial score (nSPS) is 29.8. The molecule has 1 saturated heterocycles. The molecule has 2 aliphatic rings. The minimum absolute atomic E-state index is 0.0233. The summed E-state index contributed by atoms with van der Waals surface area (Å²) in [6.45, 7) is 1.86. The minimum atomic E-state index is -1.02. The highest BCUT2D eigenvalue weighted by Gasteiger charge is 2.50. The highest BCUT2D eigenvalue weighted by molar-refractivity contribution is 8.00. The van der Waals surface area contributed by atoms with Gasteiger partial charge in [0, 0.05) is 5.75 Å². The maximum atomic E-state index is 11.7. The number of β-lactam (4-membered cyclic amide) rings is 1. The first-order valence-electron chi connectivity index (χ1n) is 4.67. The quantitative estimate of drug-likeness (QED) is 0.564. The molecule has 0 aromatic carbocycles. The van der Waals surface area contributed by atoms with Gasteiger partial charge in [-0.1, -0.05) is 12.2 Å². The van der Waals surface area contributed by atoms with E-state index in [-0.39, 0.29) is 22.9 Å². The van der Waals surface area contributed by atoms with E-state index in [9.17, 15) is 9.59 Å². The lowest BCUT2D eigenvalue weighted by molar-refractivity contribution is -0.149. The fourth-order valence-electron chi connectivity index (χ4n) is 1.82. The molecule has 15 heavy (non-hydrogen) atoms. The van der Waals surface area contributed by atoms with Gasteiger partial charge in [0.2, 0.25) is 5.91 Å². The van der Waals surface area contributed by atoms with E-state index in [1.165, 1.54) is 4.90 Å². The highest BCUT2D eigenvalue weighted by atomic mass is 32.2. The number of hydrogen-bond acceptors (Lipinski definition) is 3. The highest BCUT2D eigenvalue weighted by Crippen LogP contribution is 2.41. The van der Waals surface area contributed by atoms with Crippen LogP contribution in [0.4, 0.5) is 0 Å². The second-order valence-electron chi connectivity index (χ2n) is 3.38. The van der Waals surface area contributed by atoms with Crippen molar-refractivity contribution >= 4 is 23.6 Å². The molecule has 2 rings (SSSR count). The lowest BCUT2D eigenvalue weighted by atomic mass is 9.96. The Bertz CT molecular complexity index is 375. The van der Waals surface area contributed by atoms with Crippen molar-refractivity contribution in [3.63, 3.8) is 0 Å². The molecule has 2 heterocycles. The molecular formula is C10H11NO3S. The van der Waals surface area contributed by atoms with Gasteiger partial charge in [-0.05, 0) is 13.0 Å². The van der Waals surface area contributed by atoms with E-state index in [0.29, 0.717) is 5.75 Å². The lowest BCUT2D eigenvalue weighted by Crippen LogP contribution is -2.60. The van der Waals surface area contributed by atoms with Crippen molar-refractivity contribution in [2.45, 2.75) is 12.3 Å². The van der Waals surface area contributed by atoms with E-state index in [1.807, 2.05) is 19.1 Å². The van der Waals surface area contributed by atoms with Crippen LogP contribution in [0.15, 0.2) is 23.9 Å². The second kappa shape index (κ2) is 3.73. The van der Waals surface area contributed by atoms with E-state index in [2.05, 4.69) is 0 Å². The molecule has 1 fully saturated rings. The number of allylic oxidation sites excluding steroid dienone is 1. The summed E-state index contributed by atoms with van der Waals surface area (Å²) >= 11 is 1.60. The molecule has 0 aromatic heterocycles. The van der Waals surface area contributed by atoms with Gasteiger partial charge >= 0.3 is 5.97 Å². The molecule has 5 heteroatoms. The van der Waals surface area contributed by atoms with Crippen LogP contribution in [0, 0.1) is 5.92 Å². The van der Waals surface area contributed by atoms with Crippen LogP contribution in [-0.4, -0.2) is 33.0 Å². The number of hydrogen-bond donors (Lipinski definition) is 1. The second-order valence-corrected chi connectivity index (χ2v) is 4.53. The molecule has 0 radical (unpaired) electrons. The standard InChI is InChI=1S/C10H11NO3S/c1-2-3-6-8(12)11-7(10(13)14)4-5-15-9(6)11/h2-4,6,9H,5H2,1H3,(H,13,14)/t6-,9+/m1/s1. The largest absolute Gasteiger partial charge is 0.477 e. The Labute approximate surface area is 91.6 Å². The smallest absolute Gasteiger partial charge is 0.352 e. The van der Waals surface area contributed by atoms with E-state index in [4.69, 9.17) is 5.11 Å². The van der Waals surface area contributed by atoms with Gasteiger partial charge in [0.15, 0.2) is 0 Å². The first-order valence-corrected chi connectivity index (χ1v) is 5.72. The fourth-order valence-corrected chi connectivity index (χ4v) is 3.05. The summed E-state index contributed by atoms with van der Waals surface area (Å²) in [6, 6.07) is 0. The van der Waals surface area contributed by atoms with Crippen molar-refractivity contribution in [3.8, 4) is 0 Å². The van der Waals surface area contributed by atoms with Gasteiger partial charge in [0.05, 0.1) is 11.3 Å². The summed E-state index contributed by atoms with van der Waals surface area (Å²) in [7, 11) is 0. The molecule has 0 saturated carbocycles. The fraction of sp³-hybridized carbons (Fsp3) is 0.400. The number of carboxylic acids is 1. The van der Waals surface area contributed by atoms with Crippen molar-refractivity contribution in [3.05, 3.63) is 23.9 Å². The first kappa shape index (κ1) is 10.3. The zero-order valence-electron chi connectivity index (χ0n) is 8.21. The van der Waals surface area contributed by atoms with E-state index >= 15 is 0 Å². The Morgan fingerprint density at radius 1 is 1.73 bits per heavy atom. The molecule has 0 unspecified atom stereocenters. The maximum Gasteiger partial charge on any atom is 0.352 e. The molecule has 0 aromatic rings. The SMILES string of the molecule is CC=C[C@@H]1C(=O)N2C(C(=O)O)=CCS[C@@H]12. The number of carbonyl (C=O) groups excluding carboxylic acids is 1. The molecule has 0 aliphatic carbocycles. The average molecular weight is 225 g/mol. The third-order valence-electron chi connectivity index (χ3n) is 2.51. The number of fused-ring (bicyclic) bond motifs is 1. The Morgan fingerprint density at radius 2 is 2.47 bits per heavy atom. The molecule has 1 N–H and O–H groups in total. The van der Waals surface area contributed by atoms with Crippen LogP contribution in [-0.2, 0) is 9.59 Å². The number of rotatable bonds is 2. The van der Waals surface area contributed by atoms with Gasteiger partial charge in [-0.2, -0.15) is 0 Å². The monoisotopic (exact) mass is 225 g/mol. The van der Waals surface area contributed by atoms with E-state index in [1.54, 1.807) is 17.8 Å². The first-order chi connectivity index (χ1) is 7.16. The van der Waals surface area contributed by atoms with Crippen molar-refractivity contribution in [1.29, 1.82) is 0 Å². The third kappa shape index (κ3) is 1.47. The van der Waals surface area contributed by atoms with Crippen LogP contribution in [0.5, 0.6) is 0 Å². The number of amides is 1. The zero-order valence-corrected chi connectivity index (χ0v) is 9.03. The molecule has 0 bridgehead atoms. The molecule has 1 amide bonds. The van der Waals surface area contributed by atoms with Gasteiger partial charge in [0.25, 0.3) is 0 Å². The predicted octanol–water partition coefficient (Wildman–Crippen LogP) is 1.06. The summed E-state index contributed by atoms with van der Waals surface area (Å²) in [4.78, 5) is 23.9. The molecular weight excluding hydrogens is 214 g/mol. The van der Waals surface area contributed by atoms with Gasteiger partial charge in [-0.3, -0.25) is 9.69 Å². The summed E-state index contributed by atoms with van der Waals surface area (Å²) in [5.41, 5.74) is 0.129. The number of nitrogens with zero attached hydrogens (tertiary/aromatic N) is 1. The number of aliphatic carboxylic acids is 1. The summed E-state index contributed by atoms with van der Waals surface area (Å²) in [5, 5.41) is 8.88. The summed E-state index contributed by atoms with van der Waals surface area (Å²) < 4.78 is 0. The van der Waals surface area contributed by atoms with Crippen LogP contribution in [0.1, 0.15) is 6.92 Å². The topological polar surface area (TPSA) is 57.6 Å². The van der Waals surface area contributed by atoms with Crippen molar-refractivity contribution in [1.82, 2.24) is 4.90 Å². The van der Waals surface area contributed by atoms with Crippen molar-refractivity contribution in [2.75, 3.05) is 5.75 Å². The lowest BCUT2D eigenvalue weighted by Gasteiger charge is -2.47. The van der Waals surface area contributed by atoms with Crippen LogP contribution in [0.2, 0.25) is 0 Å². The van der Waals surface area contributed by atoms with Crippen LogP contribution in [0.3, 0.4) is 0 Å². The van der Waals surface area contributed by atoms with Gasteiger partial charge in [0.1, 0.15) is 5.70 Å². The van der Waals surface area contributed by atoms with E-state index in [0.717, 1.165) is 0 Å². The Morgan fingerprint density at radius 3 is 3.07 bits per heavy atom. The number of thioether (sulfide) groups is 1. The molecule has 2 atom stereocenters. The predicted molar refractivity (Wildman–Crippen MR) is 57.1 cm³/mol. The third-order valence-corrected chi connectivity index (χ3v) is 3.71. The zero-order chi connectivity index (χ0) is 11.0. The van der Waals surface area contributed by atoms with Crippen LogP contribution >= 0.6 is 11.8 Å². The molecule has 0 spiro atoms. The van der Waals surface area contributed by atoms with Crippen LogP contribution < -0.4 is 0 Å². The van der Waals surface area contributed by atoms with Crippen molar-refractivity contribution < 1.29 is 14.7 Å². The summed E-state index contributed by atoms with van der Waals surface area (Å²) in [6.07, 6.45) is 5.26. The number of carboxylic acid groups (broad SMARTS) is 1.